The fourth-order valence-electron chi connectivity index (χ4n) is 3.77. The van der Waals surface area contributed by atoms with Gasteiger partial charge in [-0.15, -0.1) is 0 Å². The van der Waals surface area contributed by atoms with Crippen LogP contribution in [0.15, 0.2) is 48.2 Å². The van der Waals surface area contributed by atoms with E-state index < -0.39 is 0 Å². The van der Waals surface area contributed by atoms with Crippen LogP contribution in [0.3, 0.4) is 0 Å². The second kappa shape index (κ2) is 11.8. The van der Waals surface area contributed by atoms with Crippen LogP contribution >= 0.6 is 0 Å². The molecule has 1 aliphatic rings. The summed E-state index contributed by atoms with van der Waals surface area (Å²) in [5.41, 5.74) is 4.38. The van der Waals surface area contributed by atoms with Gasteiger partial charge in [0.25, 0.3) is 11.8 Å². The summed E-state index contributed by atoms with van der Waals surface area (Å²) in [6, 6.07) is 13.3. The molecular weight excluding hydrogens is 428 g/mol. The molecule has 3 rings (SSSR count). The second-order valence-corrected chi connectivity index (χ2v) is 8.95. The van der Waals surface area contributed by atoms with E-state index in [2.05, 4.69) is 12.2 Å². The largest absolute Gasteiger partial charge is 0.491 e. The summed E-state index contributed by atoms with van der Waals surface area (Å²) >= 11 is 0. The van der Waals surface area contributed by atoms with E-state index in [1.54, 1.807) is 0 Å². The van der Waals surface area contributed by atoms with Gasteiger partial charge >= 0.3 is 0 Å². The van der Waals surface area contributed by atoms with E-state index in [0.717, 1.165) is 41.0 Å². The molecule has 0 saturated carbocycles. The number of anilines is 1. The van der Waals surface area contributed by atoms with Crippen LogP contribution in [0, 0.1) is 13.8 Å². The van der Waals surface area contributed by atoms with E-state index in [1.807, 2.05) is 70.2 Å². The van der Waals surface area contributed by atoms with Gasteiger partial charge in [-0.2, -0.15) is 0 Å². The Hall–Kier alpha value is -3.12. The van der Waals surface area contributed by atoms with Gasteiger partial charge in [-0.3, -0.25) is 14.5 Å². The minimum Gasteiger partial charge on any atom is -0.491 e. The number of ether oxygens (including phenoxy) is 2. The van der Waals surface area contributed by atoms with Gasteiger partial charge in [-0.1, -0.05) is 31.5 Å². The van der Waals surface area contributed by atoms with Crippen molar-refractivity contribution in [1.29, 1.82) is 0 Å². The van der Waals surface area contributed by atoms with E-state index in [4.69, 9.17) is 9.47 Å². The molecule has 1 N–H and O–H groups in total. The van der Waals surface area contributed by atoms with Crippen molar-refractivity contribution in [2.75, 3.05) is 25.1 Å². The first-order chi connectivity index (χ1) is 16.3. The lowest BCUT2D eigenvalue weighted by atomic mass is 9.99. The van der Waals surface area contributed by atoms with Gasteiger partial charge in [-0.05, 0) is 81.5 Å². The minimum absolute atomic E-state index is 0.0754. The molecule has 2 aromatic rings. The van der Waals surface area contributed by atoms with Gasteiger partial charge in [0.1, 0.15) is 11.4 Å². The molecule has 0 saturated heterocycles. The standard InChI is InChI=1S/C28H36N2O4/c1-6-7-16-33-17-8-15-30-27(31)25(22-10-9-20(4)21(5)18-22)26(28(30)32)29-23-11-13-24(14-12-23)34-19(2)3/h9-14,18-19,29H,6-8,15-17H2,1-5H3. The molecule has 0 spiro atoms. The summed E-state index contributed by atoms with van der Waals surface area (Å²) in [7, 11) is 0. The number of hydrogen-bond acceptors (Lipinski definition) is 5. The quantitative estimate of drug-likeness (QED) is 0.332. The van der Waals surface area contributed by atoms with Gasteiger partial charge < -0.3 is 14.8 Å². The zero-order valence-electron chi connectivity index (χ0n) is 20.9. The molecule has 2 amide bonds. The summed E-state index contributed by atoms with van der Waals surface area (Å²) in [6.45, 7) is 11.6. The van der Waals surface area contributed by atoms with E-state index >= 15 is 0 Å². The number of benzene rings is 2. The highest BCUT2D eigenvalue weighted by atomic mass is 16.5. The molecule has 2 aromatic carbocycles. The van der Waals surface area contributed by atoms with Crippen molar-refractivity contribution >= 4 is 23.1 Å². The molecule has 182 valence electrons. The normalized spacial score (nSPS) is 13.9. The highest BCUT2D eigenvalue weighted by molar-refractivity contribution is 6.36. The van der Waals surface area contributed by atoms with Crippen LogP contribution < -0.4 is 10.1 Å². The minimum atomic E-state index is -0.311. The maximum atomic E-state index is 13.4. The topological polar surface area (TPSA) is 67.9 Å². The highest BCUT2D eigenvalue weighted by Gasteiger charge is 2.39. The van der Waals surface area contributed by atoms with Crippen LogP contribution in [0.25, 0.3) is 5.57 Å². The smallest absolute Gasteiger partial charge is 0.278 e. The van der Waals surface area contributed by atoms with Crippen LogP contribution in [-0.2, 0) is 14.3 Å². The molecule has 0 aromatic heterocycles. The Morgan fingerprint density at radius 2 is 1.62 bits per heavy atom. The molecule has 6 nitrogen and oxygen atoms in total. The van der Waals surface area contributed by atoms with Gasteiger partial charge in [0, 0.05) is 25.4 Å². The highest BCUT2D eigenvalue weighted by Crippen LogP contribution is 2.32. The van der Waals surface area contributed by atoms with E-state index in [-0.39, 0.29) is 17.9 Å². The third kappa shape index (κ3) is 6.26. The molecule has 0 fully saturated rings. The molecule has 1 heterocycles. The van der Waals surface area contributed by atoms with Crippen molar-refractivity contribution in [2.45, 2.75) is 60.0 Å². The summed E-state index contributed by atoms with van der Waals surface area (Å²) in [6.07, 6.45) is 2.77. The number of imide groups is 1. The molecule has 0 atom stereocenters. The first-order valence-electron chi connectivity index (χ1n) is 12.1. The van der Waals surface area contributed by atoms with Crippen molar-refractivity contribution in [1.82, 2.24) is 4.90 Å². The van der Waals surface area contributed by atoms with Gasteiger partial charge in [0.2, 0.25) is 0 Å². The molecule has 0 aliphatic carbocycles. The van der Waals surface area contributed by atoms with Gasteiger partial charge in [0.15, 0.2) is 0 Å². The predicted molar refractivity (Wildman–Crippen MR) is 136 cm³/mol. The number of amides is 2. The zero-order valence-corrected chi connectivity index (χ0v) is 20.9. The maximum Gasteiger partial charge on any atom is 0.278 e. The van der Waals surface area contributed by atoms with Crippen LogP contribution in [0.4, 0.5) is 5.69 Å². The van der Waals surface area contributed by atoms with Gasteiger partial charge in [-0.25, -0.2) is 0 Å². The molecule has 34 heavy (non-hydrogen) atoms. The number of carbonyl (C=O) groups is 2. The average molecular weight is 465 g/mol. The Morgan fingerprint density at radius 3 is 2.26 bits per heavy atom. The molecule has 0 radical (unpaired) electrons. The van der Waals surface area contributed by atoms with Gasteiger partial charge in [0.05, 0.1) is 11.7 Å². The molecule has 0 bridgehead atoms. The number of carbonyl (C=O) groups excluding carboxylic acids is 2. The van der Waals surface area contributed by atoms with Crippen molar-refractivity contribution in [2.24, 2.45) is 0 Å². The van der Waals surface area contributed by atoms with Crippen LogP contribution in [-0.4, -0.2) is 42.6 Å². The number of nitrogens with zero attached hydrogens (tertiary/aromatic N) is 1. The third-order valence-electron chi connectivity index (χ3n) is 5.77. The fraction of sp³-hybridized carbons (Fsp3) is 0.429. The molecular formula is C28H36N2O4. The lowest BCUT2D eigenvalue weighted by Crippen LogP contribution is -2.34. The second-order valence-electron chi connectivity index (χ2n) is 8.95. The van der Waals surface area contributed by atoms with E-state index in [0.29, 0.717) is 37.4 Å². The maximum absolute atomic E-state index is 13.4. The fourth-order valence-corrected chi connectivity index (χ4v) is 3.77. The zero-order chi connectivity index (χ0) is 24.7. The molecule has 6 heteroatoms. The first-order valence-corrected chi connectivity index (χ1v) is 12.1. The summed E-state index contributed by atoms with van der Waals surface area (Å²) in [5, 5.41) is 3.21. The Labute approximate surface area is 202 Å². The predicted octanol–water partition coefficient (Wildman–Crippen LogP) is 5.49. The lowest BCUT2D eigenvalue weighted by molar-refractivity contribution is -0.137. The van der Waals surface area contributed by atoms with E-state index in [1.165, 1.54) is 4.90 Å². The summed E-state index contributed by atoms with van der Waals surface area (Å²) in [5.74, 6) is 0.167. The van der Waals surface area contributed by atoms with E-state index in [9.17, 15) is 9.59 Å². The number of unbranched alkanes of at least 4 members (excludes halogenated alkanes) is 1. The SMILES string of the molecule is CCCCOCCCN1C(=O)C(Nc2ccc(OC(C)C)cc2)=C(c2ccc(C)c(C)c2)C1=O. The van der Waals surface area contributed by atoms with Crippen molar-refractivity contribution in [3.8, 4) is 5.75 Å². The van der Waals surface area contributed by atoms with Crippen LogP contribution in [0.1, 0.15) is 56.7 Å². The summed E-state index contributed by atoms with van der Waals surface area (Å²) < 4.78 is 11.3. The average Bonchev–Trinajstić information content (AvgIpc) is 3.03. The van der Waals surface area contributed by atoms with Crippen molar-refractivity contribution in [3.63, 3.8) is 0 Å². The van der Waals surface area contributed by atoms with Crippen LogP contribution in [0.5, 0.6) is 5.75 Å². The Balaban J connectivity index is 1.84. The number of nitrogens with one attached hydrogen (secondary N) is 1. The lowest BCUT2D eigenvalue weighted by Gasteiger charge is -2.15. The number of rotatable bonds is 12. The Morgan fingerprint density at radius 1 is 0.912 bits per heavy atom. The van der Waals surface area contributed by atoms with Crippen LogP contribution in [0.2, 0.25) is 0 Å². The first kappa shape index (κ1) is 25.5. The van der Waals surface area contributed by atoms with Crippen molar-refractivity contribution < 1.29 is 19.1 Å². The third-order valence-corrected chi connectivity index (χ3v) is 5.77. The number of hydrogen-bond donors (Lipinski definition) is 1. The van der Waals surface area contributed by atoms with Crippen molar-refractivity contribution in [3.05, 3.63) is 64.9 Å². The Bertz CT molecular complexity index is 1040. The number of aryl methyl sites for hydroxylation is 2. The molecule has 1 aliphatic heterocycles. The Kier molecular flexibility index (Phi) is 8.88. The molecule has 0 unspecified atom stereocenters. The monoisotopic (exact) mass is 464 g/mol. The summed E-state index contributed by atoms with van der Waals surface area (Å²) in [4.78, 5) is 28.1.